The Labute approximate surface area is 102 Å². The highest BCUT2D eigenvalue weighted by Gasteiger charge is 2.21. The number of aromatic nitrogens is 1. The van der Waals surface area contributed by atoms with E-state index in [-0.39, 0.29) is 0 Å². The maximum Gasteiger partial charge on any atom is 0.404 e. The molecule has 3 N–H and O–H groups in total. The number of carbonyl (C=O) groups is 1. The Morgan fingerprint density at radius 2 is 2.18 bits per heavy atom. The molecule has 1 unspecified atom stereocenters. The fourth-order valence-corrected chi connectivity index (χ4v) is 2.56. The maximum absolute atomic E-state index is 10.5. The van der Waals surface area contributed by atoms with Crippen LogP contribution < -0.4 is 5.32 Å². The summed E-state index contributed by atoms with van der Waals surface area (Å²) in [6.07, 6.45) is -2.08. The summed E-state index contributed by atoms with van der Waals surface area (Å²) in [5.74, 6) is 0. The van der Waals surface area contributed by atoms with E-state index in [2.05, 4.69) is 10.3 Å². The van der Waals surface area contributed by atoms with Crippen molar-refractivity contribution in [3.8, 4) is 0 Å². The van der Waals surface area contributed by atoms with Crippen molar-refractivity contribution in [2.24, 2.45) is 0 Å². The largest absolute Gasteiger partial charge is 0.465 e. The van der Waals surface area contributed by atoms with E-state index in [0.717, 1.165) is 10.2 Å². The molecule has 1 aromatic carbocycles. The molecule has 0 saturated carbocycles. The third kappa shape index (κ3) is 2.54. The second-order valence-electron chi connectivity index (χ2n) is 3.70. The van der Waals surface area contributed by atoms with E-state index in [4.69, 9.17) is 5.11 Å². The molecular weight excluding hydrogens is 240 g/mol. The number of amides is 1. The van der Waals surface area contributed by atoms with Gasteiger partial charge in [-0.3, -0.25) is 0 Å². The van der Waals surface area contributed by atoms with Gasteiger partial charge in [0.05, 0.1) is 16.3 Å². The van der Waals surface area contributed by atoms with Gasteiger partial charge in [-0.05, 0) is 19.1 Å². The number of hydrogen-bond donors (Lipinski definition) is 3. The van der Waals surface area contributed by atoms with Crippen LogP contribution in [-0.2, 0) is 0 Å². The Morgan fingerprint density at radius 1 is 1.47 bits per heavy atom. The van der Waals surface area contributed by atoms with Crippen LogP contribution in [0.4, 0.5) is 4.79 Å². The highest BCUT2D eigenvalue weighted by molar-refractivity contribution is 7.18. The van der Waals surface area contributed by atoms with Gasteiger partial charge in [0.25, 0.3) is 0 Å². The minimum atomic E-state index is -1.15. The molecule has 6 heteroatoms. The lowest BCUT2D eigenvalue weighted by Crippen LogP contribution is -2.35. The first-order valence-electron chi connectivity index (χ1n) is 5.11. The van der Waals surface area contributed by atoms with E-state index >= 15 is 0 Å². The molecule has 90 valence electrons. The van der Waals surface area contributed by atoms with E-state index in [9.17, 15) is 9.90 Å². The number of hydrogen-bond acceptors (Lipinski definition) is 4. The first-order chi connectivity index (χ1) is 8.08. The lowest BCUT2D eigenvalue weighted by Gasteiger charge is -2.15. The smallest absolute Gasteiger partial charge is 0.404 e. The first kappa shape index (κ1) is 11.8. The van der Waals surface area contributed by atoms with Crippen LogP contribution >= 0.6 is 11.3 Å². The molecule has 0 aliphatic heterocycles. The van der Waals surface area contributed by atoms with Crippen molar-refractivity contribution < 1.29 is 15.0 Å². The van der Waals surface area contributed by atoms with Crippen LogP contribution in [0.2, 0.25) is 0 Å². The second-order valence-corrected chi connectivity index (χ2v) is 4.77. The molecule has 0 aliphatic rings. The summed E-state index contributed by atoms with van der Waals surface area (Å²) < 4.78 is 0.976. The highest BCUT2D eigenvalue weighted by Crippen LogP contribution is 2.27. The summed E-state index contributed by atoms with van der Waals surface area (Å²) >= 11 is 1.37. The van der Waals surface area contributed by atoms with Gasteiger partial charge in [-0.15, -0.1) is 11.3 Å². The summed E-state index contributed by atoms with van der Waals surface area (Å²) in [6, 6.07) is 6.95. The van der Waals surface area contributed by atoms with Gasteiger partial charge in [-0.25, -0.2) is 9.78 Å². The lowest BCUT2D eigenvalue weighted by molar-refractivity contribution is 0.127. The molecule has 2 aromatic rings. The number of nitrogens with zero attached hydrogens (tertiary/aromatic N) is 1. The Bertz CT molecular complexity index is 507. The van der Waals surface area contributed by atoms with E-state index in [1.54, 1.807) is 6.92 Å². The number of carboxylic acid groups (broad SMARTS) is 1. The topological polar surface area (TPSA) is 82.5 Å². The van der Waals surface area contributed by atoms with Crippen LogP contribution in [0.15, 0.2) is 24.3 Å². The molecule has 5 nitrogen and oxygen atoms in total. The minimum Gasteiger partial charge on any atom is -0.465 e. The Hall–Kier alpha value is -1.66. The van der Waals surface area contributed by atoms with Gasteiger partial charge < -0.3 is 15.5 Å². The predicted molar refractivity (Wildman–Crippen MR) is 65.2 cm³/mol. The monoisotopic (exact) mass is 252 g/mol. The zero-order chi connectivity index (χ0) is 12.4. The Morgan fingerprint density at radius 3 is 2.82 bits per heavy atom. The molecule has 1 aromatic heterocycles. The van der Waals surface area contributed by atoms with Crippen LogP contribution in [0.5, 0.6) is 0 Å². The number of rotatable bonds is 3. The normalized spacial score (nSPS) is 14.5. The molecule has 0 spiro atoms. The predicted octanol–water partition coefficient (Wildman–Crippen LogP) is 1.99. The fraction of sp³-hybridized carbons (Fsp3) is 0.273. The molecule has 0 saturated heterocycles. The average Bonchev–Trinajstić information content (AvgIpc) is 2.70. The van der Waals surface area contributed by atoms with Crippen molar-refractivity contribution >= 4 is 27.6 Å². The van der Waals surface area contributed by atoms with Gasteiger partial charge >= 0.3 is 6.09 Å². The van der Waals surface area contributed by atoms with Crippen LogP contribution in [0.1, 0.15) is 18.0 Å². The van der Waals surface area contributed by atoms with Crippen molar-refractivity contribution in [1.82, 2.24) is 10.3 Å². The van der Waals surface area contributed by atoms with Gasteiger partial charge in [0.15, 0.2) is 0 Å². The molecule has 2 rings (SSSR count). The van der Waals surface area contributed by atoms with Crippen molar-refractivity contribution in [1.29, 1.82) is 0 Å². The van der Waals surface area contributed by atoms with Gasteiger partial charge in [0.2, 0.25) is 0 Å². The van der Waals surface area contributed by atoms with E-state index < -0.39 is 18.2 Å². The third-order valence-corrected chi connectivity index (χ3v) is 3.50. The molecule has 0 aliphatic carbocycles. The zero-order valence-electron chi connectivity index (χ0n) is 9.12. The van der Waals surface area contributed by atoms with Crippen LogP contribution in [0.25, 0.3) is 10.2 Å². The fourth-order valence-electron chi connectivity index (χ4n) is 1.50. The maximum atomic E-state index is 10.5. The molecule has 0 radical (unpaired) electrons. The van der Waals surface area contributed by atoms with Gasteiger partial charge in [-0.2, -0.15) is 0 Å². The van der Waals surface area contributed by atoms with Crippen LogP contribution in [0, 0.1) is 0 Å². The van der Waals surface area contributed by atoms with Crippen molar-refractivity contribution in [2.45, 2.75) is 19.1 Å². The van der Waals surface area contributed by atoms with E-state index in [0.29, 0.717) is 5.01 Å². The van der Waals surface area contributed by atoms with Crippen molar-refractivity contribution in [2.75, 3.05) is 0 Å². The summed E-state index contributed by atoms with van der Waals surface area (Å²) in [6.45, 7) is 1.60. The molecular formula is C11H12N2O3S. The number of benzene rings is 1. The lowest BCUT2D eigenvalue weighted by atomic mass is 10.2. The SMILES string of the molecule is C[C@H](NC(=O)O)C(O)c1nc2ccccc2s1. The molecule has 0 fully saturated rings. The second kappa shape index (κ2) is 4.68. The van der Waals surface area contributed by atoms with Gasteiger partial charge in [0, 0.05) is 0 Å². The molecule has 1 heterocycles. The number of aliphatic hydroxyl groups is 1. The summed E-state index contributed by atoms with van der Waals surface area (Å²) in [5, 5.41) is 21.3. The van der Waals surface area contributed by atoms with Crippen molar-refractivity contribution in [3.63, 3.8) is 0 Å². The standard InChI is InChI=1S/C11H12N2O3S/c1-6(12-11(15)16)9(14)10-13-7-4-2-3-5-8(7)17-10/h2-6,9,12,14H,1H3,(H,15,16)/t6-,9?/m0/s1. The van der Waals surface area contributed by atoms with Crippen LogP contribution in [0.3, 0.4) is 0 Å². The molecule has 17 heavy (non-hydrogen) atoms. The molecule has 0 bridgehead atoms. The summed E-state index contributed by atoms with van der Waals surface area (Å²) in [5.41, 5.74) is 0.814. The molecule has 1 amide bonds. The van der Waals surface area contributed by atoms with E-state index in [1.807, 2.05) is 24.3 Å². The zero-order valence-corrected chi connectivity index (χ0v) is 9.94. The number of fused-ring (bicyclic) bond motifs is 1. The number of para-hydroxylation sites is 1. The van der Waals surface area contributed by atoms with Gasteiger partial charge in [-0.1, -0.05) is 12.1 Å². The van der Waals surface area contributed by atoms with Gasteiger partial charge in [0.1, 0.15) is 11.1 Å². The first-order valence-corrected chi connectivity index (χ1v) is 5.92. The highest BCUT2D eigenvalue weighted by atomic mass is 32.1. The summed E-state index contributed by atoms with van der Waals surface area (Å²) in [7, 11) is 0. The quantitative estimate of drug-likeness (QED) is 0.780. The minimum absolute atomic E-state index is 0.521. The average molecular weight is 252 g/mol. The number of aliphatic hydroxyl groups excluding tert-OH is 1. The van der Waals surface area contributed by atoms with E-state index in [1.165, 1.54) is 11.3 Å². The van der Waals surface area contributed by atoms with Crippen molar-refractivity contribution in [3.05, 3.63) is 29.3 Å². The third-order valence-electron chi connectivity index (χ3n) is 2.39. The Balaban J connectivity index is 2.24. The number of thiazole rings is 1. The number of nitrogens with one attached hydrogen (secondary N) is 1. The summed E-state index contributed by atoms with van der Waals surface area (Å²) in [4.78, 5) is 14.8. The molecule has 2 atom stereocenters. The Kier molecular flexibility index (Phi) is 3.26. The van der Waals surface area contributed by atoms with Crippen LogP contribution in [-0.4, -0.2) is 27.3 Å².